The third-order valence-electron chi connectivity index (χ3n) is 1.87. The molecule has 0 radical (unpaired) electrons. The summed E-state index contributed by atoms with van der Waals surface area (Å²) in [6.45, 7) is 0.300. The molecule has 0 heterocycles. The molecule has 0 amide bonds. The van der Waals surface area contributed by atoms with Crippen LogP contribution in [0, 0.1) is 0 Å². The van der Waals surface area contributed by atoms with Crippen LogP contribution in [0.2, 0.25) is 0 Å². The molecule has 0 bridgehead atoms. The number of rotatable bonds is 4. The van der Waals surface area contributed by atoms with Crippen molar-refractivity contribution in [2.75, 3.05) is 6.61 Å². The lowest BCUT2D eigenvalue weighted by Gasteiger charge is -2.09. The largest absolute Gasteiger partial charge is 0.464 e. The van der Waals surface area contributed by atoms with Crippen molar-refractivity contribution in [1.29, 1.82) is 0 Å². The number of ether oxygens (including phenoxy) is 1. The van der Waals surface area contributed by atoms with Crippen molar-refractivity contribution < 1.29 is 22.7 Å². The summed E-state index contributed by atoms with van der Waals surface area (Å²) in [6, 6.07) is 3.86. The number of carbonyl (C=O) groups excluding carboxylic acids is 1. The first-order chi connectivity index (χ1) is 7.95. The average molecular weight is 309 g/mol. The van der Waals surface area contributed by atoms with Crippen LogP contribution in [0.15, 0.2) is 28.7 Å². The lowest BCUT2D eigenvalue weighted by molar-refractivity contribution is -0.138. The Morgan fingerprint density at radius 2 is 2.06 bits per heavy atom. The third kappa shape index (κ3) is 4.22. The monoisotopic (exact) mass is 308 g/mol. The highest BCUT2D eigenvalue weighted by atomic mass is 79.9. The minimum absolute atomic E-state index is 0.00806. The van der Waals surface area contributed by atoms with Crippen LogP contribution in [0.1, 0.15) is 11.1 Å². The SMILES string of the molecule is O=COC/C=C/c1ccc(Br)c(C(F)(F)F)c1. The molecule has 1 aromatic carbocycles. The number of carbonyl (C=O) groups is 1. The molecule has 1 rings (SSSR count). The molecule has 0 aliphatic carbocycles. The molecule has 92 valence electrons. The van der Waals surface area contributed by atoms with Gasteiger partial charge in [0.1, 0.15) is 6.61 Å². The molecule has 0 aliphatic rings. The minimum Gasteiger partial charge on any atom is -0.464 e. The van der Waals surface area contributed by atoms with E-state index in [1.807, 2.05) is 0 Å². The molecule has 0 fully saturated rings. The summed E-state index contributed by atoms with van der Waals surface area (Å²) in [5.41, 5.74) is -0.356. The van der Waals surface area contributed by atoms with Crippen molar-refractivity contribution >= 4 is 28.5 Å². The highest BCUT2D eigenvalue weighted by molar-refractivity contribution is 9.10. The van der Waals surface area contributed by atoms with E-state index < -0.39 is 11.7 Å². The molecule has 0 N–H and O–H groups in total. The lowest BCUT2D eigenvalue weighted by Crippen LogP contribution is -2.06. The Balaban J connectivity index is 2.89. The van der Waals surface area contributed by atoms with Crippen LogP contribution < -0.4 is 0 Å². The Hall–Kier alpha value is -1.30. The summed E-state index contributed by atoms with van der Waals surface area (Å²) in [7, 11) is 0. The van der Waals surface area contributed by atoms with E-state index >= 15 is 0 Å². The number of benzene rings is 1. The van der Waals surface area contributed by atoms with Gasteiger partial charge in [0.05, 0.1) is 5.56 Å². The van der Waals surface area contributed by atoms with Gasteiger partial charge in [-0.15, -0.1) is 0 Å². The molecule has 0 atom stereocenters. The fourth-order valence-electron chi connectivity index (χ4n) is 1.14. The molecule has 0 spiro atoms. The van der Waals surface area contributed by atoms with Crippen LogP contribution >= 0.6 is 15.9 Å². The van der Waals surface area contributed by atoms with Gasteiger partial charge in [0.25, 0.3) is 6.47 Å². The molecule has 1 aromatic rings. The second-order valence-corrected chi connectivity index (χ2v) is 3.92. The summed E-state index contributed by atoms with van der Waals surface area (Å²) in [6.07, 6.45) is -1.50. The summed E-state index contributed by atoms with van der Waals surface area (Å²) in [4.78, 5) is 9.84. The maximum atomic E-state index is 12.5. The molecule has 0 saturated heterocycles. The summed E-state index contributed by atoms with van der Waals surface area (Å²) in [5.74, 6) is 0. The Kier molecular flexibility index (Phi) is 4.74. The van der Waals surface area contributed by atoms with E-state index in [0.29, 0.717) is 5.56 Å². The average Bonchev–Trinajstić information content (AvgIpc) is 2.25. The van der Waals surface area contributed by atoms with Crippen molar-refractivity contribution in [3.63, 3.8) is 0 Å². The molecule has 2 nitrogen and oxygen atoms in total. The van der Waals surface area contributed by atoms with E-state index in [1.54, 1.807) is 0 Å². The van der Waals surface area contributed by atoms with Gasteiger partial charge in [-0.25, -0.2) is 0 Å². The minimum atomic E-state index is -4.40. The van der Waals surface area contributed by atoms with Gasteiger partial charge in [0.15, 0.2) is 0 Å². The van der Waals surface area contributed by atoms with Crippen molar-refractivity contribution in [2.24, 2.45) is 0 Å². The second kappa shape index (κ2) is 5.86. The normalized spacial score (nSPS) is 11.8. The Labute approximate surface area is 104 Å². The van der Waals surface area contributed by atoms with Gasteiger partial charge in [-0.05, 0) is 23.8 Å². The highest BCUT2D eigenvalue weighted by Gasteiger charge is 2.32. The van der Waals surface area contributed by atoms with E-state index in [0.717, 1.165) is 6.07 Å². The molecule has 17 heavy (non-hydrogen) atoms. The van der Waals surface area contributed by atoms with Gasteiger partial charge in [0, 0.05) is 4.47 Å². The first-order valence-electron chi connectivity index (χ1n) is 4.53. The van der Waals surface area contributed by atoms with Gasteiger partial charge in [0.2, 0.25) is 0 Å². The second-order valence-electron chi connectivity index (χ2n) is 3.07. The molecule has 6 heteroatoms. The maximum Gasteiger partial charge on any atom is 0.417 e. The smallest absolute Gasteiger partial charge is 0.417 e. The van der Waals surface area contributed by atoms with E-state index in [-0.39, 0.29) is 17.6 Å². The number of alkyl halides is 3. The van der Waals surface area contributed by atoms with Crippen molar-refractivity contribution in [3.8, 4) is 0 Å². The zero-order valence-electron chi connectivity index (χ0n) is 8.50. The molecular formula is C11H8BrF3O2. The molecule has 0 aromatic heterocycles. The highest BCUT2D eigenvalue weighted by Crippen LogP contribution is 2.35. The topological polar surface area (TPSA) is 26.3 Å². The zero-order chi connectivity index (χ0) is 12.9. The molecular weight excluding hydrogens is 301 g/mol. The van der Waals surface area contributed by atoms with Crippen molar-refractivity contribution in [1.82, 2.24) is 0 Å². The zero-order valence-corrected chi connectivity index (χ0v) is 10.1. The Morgan fingerprint density at radius 1 is 1.35 bits per heavy atom. The molecule has 0 saturated carbocycles. The fourth-order valence-corrected chi connectivity index (χ4v) is 1.61. The van der Waals surface area contributed by atoms with Gasteiger partial charge in [-0.3, -0.25) is 4.79 Å². The molecule has 0 unspecified atom stereocenters. The predicted octanol–water partition coefficient (Wildman–Crippen LogP) is 3.65. The molecule has 0 aliphatic heterocycles. The van der Waals surface area contributed by atoms with Crippen molar-refractivity contribution in [3.05, 3.63) is 39.9 Å². The van der Waals surface area contributed by atoms with Crippen LogP contribution in [-0.4, -0.2) is 13.1 Å². The lowest BCUT2D eigenvalue weighted by atomic mass is 10.1. The van der Waals surface area contributed by atoms with Gasteiger partial charge in [-0.1, -0.05) is 28.1 Å². The van der Waals surface area contributed by atoms with Crippen LogP contribution in [0.3, 0.4) is 0 Å². The van der Waals surface area contributed by atoms with Crippen LogP contribution in [0.25, 0.3) is 6.08 Å². The number of hydrogen-bond donors (Lipinski definition) is 0. The summed E-state index contributed by atoms with van der Waals surface area (Å²) >= 11 is 2.84. The van der Waals surface area contributed by atoms with Crippen LogP contribution in [-0.2, 0) is 15.7 Å². The quantitative estimate of drug-likeness (QED) is 0.627. The first-order valence-corrected chi connectivity index (χ1v) is 5.33. The van der Waals surface area contributed by atoms with E-state index in [9.17, 15) is 18.0 Å². The van der Waals surface area contributed by atoms with Gasteiger partial charge in [-0.2, -0.15) is 13.2 Å². The Bertz CT molecular complexity index is 427. The van der Waals surface area contributed by atoms with Crippen molar-refractivity contribution in [2.45, 2.75) is 6.18 Å². The Morgan fingerprint density at radius 3 is 2.65 bits per heavy atom. The number of halogens is 4. The van der Waals surface area contributed by atoms with E-state index in [2.05, 4.69) is 20.7 Å². The number of hydrogen-bond acceptors (Lipinski definition) is 2. The third-order valence-corrected chi connectivity index (χ3v) is 2.56. The fraction of sp³-hybridized carbons (Fsp3) is 0.182. The maximum absolute atomic E-state index is 12.5. The van der Waals surface area contributed by atoms with E-state index in [4.69, 9.17) is 0 Å². The van der Waals surface area contributed by atoms with Gasteiger partial charge >= 0.3 is 6.18 Å². The van der Waals surface area contributed by atoms with Crippen LogP contribution in [0.4, 0.5) is 13.2 Å². The predicted molar refractivity (Wildman–Crippen MR) is 60.2 cm³/mol. The first kappa shape index (κ1) is 13.8. The van der Waals surface area contributed by atoms with Gasteiger partial charge < -0.3 is 4.74 Å². The summed E-state index contributed by atoms with van der Waals surface area (Å²) < 4.78 is 42.0. The standard InChI is InChI=1S/C11H8BrF3O2/c12-10-4-3-8(2-1-5-17-7-16)6-9(10)11(13,14)15/h1-4,6-7H,5H2/b2-1+. The van der Waals surface area contributed by atoms with Crippen LogP contribution in [0.5, 0.6) is 0 Å². The summed E-state index contributed by atoms with van der Waals surface area (Å²) in [5, 5.41) is 0. The van der Waals surface area contributed by atoms with E-state index in [1.165, 1.54) is 24.3 Å².